The highest BCUT2D eigenvalue weighted by molar-refractivity contribution is 5.68. The van der Waals surface area contributed by atoms with E-state index in [0.717, 1.165) is 24.9 Å². The highest BCUT2D eigenvalue weighted by Crippen LogP contribution is 2.19. The molecule has 8 heteroatoms. The number of hydrogen-bond donors (Lipinski definition) is 2. The van der Waals surface area contributed by atoms with Gasteiger partial charge < -0.3 is 19.9 Å². The largest absolute Gasteiger partial charge is 0.444 e. The molecule has 132 valence electrons. The Morgan fingerprint density at radius 2 is 1.92 bits per heavy atom. The monoisotopic (exact) mass is 335 g/mol. The van der Waals surface area contributed by atoms with Gasteiger partial charge in [-0.3, -0.25) is 9.78 Å². The highest BCUT2D eigenvalue weighted by atomic mass is 16.6. The summed E-state index contributed by atoms with van der Waals surface area (Å²) in [4.78, 5) is 35.4. The molecule has 1 fully saturated rings. The second kappa shape index (κ2) is 6.33. The number of fused-ring (bicyclic) bond motifs is 1. The Bertz CT molecular complexity index is 671. The standard InChI is InChI=1S/C16H25N5O3/c1-16(2,3)24-15(23)21-9-7-20(8-10-21)14-18-12-11(13(22)19-14)5-4-6-17-12/h4-10H2,1-3H3,(H2,17,18,19,22). The number of aromatic nitrogens is 2. The third-order valence-electron chi connectivity index (χ3n) is 4.13. The lowest BCUT2D eigenvalue weighted by atomic mass is 10.1. The fraction of sp³-hybridized carbons (Fsp3) is 0.688. The van der Waals surface area contributed by atoms with Crippen LogP contribution in [-0.4, -0.2) is 59.3 Å². The molecule has 0 bridgehead atoms. The van der Waals surface area contributed by atoms with Crippen molar-refractivity contribution in [2.45, 2.75) is 39.2 Å². The molecule has 0 aromatic carbocycles. The van der Waals surface area contributed by atoms with Crippen LogP contribution in [0.15, 0.2) is 4.79 Å². The van der Waals surface area contributed by atoms with Gasteiger partial charge in [-0.25, -0.2) is 4.79 Å². The highest BCUT2D eigenvalue weighted by Gasteiger charge is 2.27. The molecular formula is C16H25N5O3. The quantitative estimate of drug-likeness (QED) is 0.801. The Labute approximate surface area is 141 Å². The van der Waals surface area contributed by atoms with Gasteiger partial charge in [-0.2, -0.15) is 4.98 Å². The first kappa shape index (κ1) is 16.6. The zero-order chi connectivity index (χ0) is 17.3. The second-order valence-corrected chi connectivity index (χ2v) is 7.20. The third-order valence-corrected chi connectivity index (χ3v) is 4.13. The molecule has 1 aromatic heterocycles. The molecule has 3 rings (SSSR count). The van der Waals surface area contributed by atoms with E-state index in [4.69, 9.17) is 4.74 Å². The molecule has 1 aromatic rings. The summed E-state index contributed by atoms with van der Waals surface area (Å²) >= 11 is 0. The zero-order valence-electron chi connectivity index (χ0n) is 14.5. The fourth-order valence-electron chi connectivity index (χ4n) is 2.91. The van der Waals surface area contributed by atoms with Crippen molar-refractivity contribution >= 4 is 17.9 Å². The van der Waals surface area contributed by atoms with Crippen LogP contribution in [0.2, 0.25) is 0 Å². The summed E-state index contributed by atoms with van der Waals surface area (Å²) in [5, 5.41) is 3.19. The minimum atomic E-state index is -0.495. The number of rotatable bonds is 1. The van der Waals surface area contributed by atoms with Crippen LogP contribution >= 0.6 is 0 Å². The fourth-order valence-corrected chi connectivity index (χ4v) is 2.91. The number of nitrogens with zero attached hydrogens (tertiary/aromatic N) is 3. The van der Waals surface area contributed by atoms with Gasteiger partial charge in [0.1, 0.15) is 11.4 Å². The van der Waals surface area contributed by atoms with E-state index >= 15 is 0 Å². The average Bonchev–Trinajstić information content (AvgIpc) is 2.53. The Balaban J connectivity index is 1.66. The van der Waals surface area contributed by atoms with Gasteiger partial charge >= 0.3 is 6.09 Å². The maximum Gasteiger partial charge on any atom is 0.410 e. The van der Waals surface area contributed by atoms with E-state index in [-0.39, 0.29) is 11.7 Å². The maximum absolute atomic E-state index is 12.2. The first-order valence-electron chi connectivity index (χ1n) is 8.43. The Kier molecular flexibility index (Phi) is 4.38. The molecule has 0 atom stereocenters. The first-order chi connectivity index (χ1) is 11.3. The maximum atomic E-state index is 12.2. The van der Waals surface area contributed by atoms with Crippen LogP contribution in [0, 0.1) is 0 Å². The van der Waals surface area contributed by atoms with E-state index in [2.05, 4.69) is 15.3 Å². The second-order valence-electron chi connectivity index (χ2n) is 7.20. The Hall–Kier alpha value is -2.25. The molecule has 0 aliphatic carbocycles. The lowest BCUT2D eigenvalue weighted by molar-refractivity contribution is 0.0240. The van der Waals surface area contributed by atoms with E-state index < -0.39 is 5.60 Å². The molecular weight excluding hydrogens is 310 g/mol. The van der Waals surface area contributed by atoms with Gasteiger partial charge in [0.2, 0.25) is 5.95 Å². The molecule has 8 nitrogen and oxygen atoms in total. The Morgan fingerprint density at radius 3 is 2.58 bits per heavy atom. The lowest BCUT2D eigenvalue weighted by Crippen LogP contribution is -2.50. The van der Waals surface area contributed by atoms with Crippen molar-refractivity contribution in [3.63, 3.8) is 0 Å². The predicted octanol–water partition coefficient (Wildman–Crippen LogP) is 1.19. The summed E-state index contributed by atoms with van der Waals surface area (Å²) in [5.41, 5.74) is 0.166. The molecule has 0 saturated carbocycles. The van der Waals surface area contributed by atoms with Crippen LogP contribution in [0.25, 0.3) is 0 Å². The zero-order valence-corrected chi connectivity index (χ0v) is 14.5. The number of H-pyrrole nitrogens is 1. The summed E-state index contributed by atoms with van der Waals surface area (Å²) in [6.45, 7) is 8.73. The number of anilines is 2. The van der Waals surface area contributed by atoms with Crippen LogP contribution in [-0.2, 0) is 11.2 Å². The van der Waals surface area contributed by atoms with E-state index in [1.54, 1.807) is 4.90 Å². The third kappa shape index (κ3) is 3.63. The predicted molar refractivity (Wildman–Crippen MR) is 91.7 cm³/mol. The minimum absolute atomic E-state index is 0.0724. The molecule has 2 aliphatic heterocycles. The van der Waals surface area contributed by atoms with Crippen molar-refractivity contribution in [2.75, 3.05) is 42.9 Å². The number of aromatic amines is 1. The van der Waals surface area contributed by atoms with Gasteiger partial charge in [0, 0.05) is 32.7 Å². The van der Waals surface area contributed by atoms with Crippen molar-refractivity contribution in [3.05, 3.63) is 15.9 Å². The van der Waals surface area contributed by atoms with Gasteiger partial charge in [0.05, 0.1) is 5.56 Å². The number of piperazine rings is 1. The molecule has 2 aliphatic rings. The molecule has 0 unspecified atom stereocenters. The number of hydrogen-bond acceptors (Lipinski definition) is 6. The van der Waals surface area contributed by atoms with E-state index in [0.29, 0.717) is 37.9 Å². The smallest absolute Gasteiger partial charge is 0.410 e. The molecule has 2 N–H and O–H groups in total. The molecule has 0 radical (unpaired) electrons. The number of ether oxygens (including phenoxy) is 1. The molecule has 24 heavy (non-hydrogen) atoms. The van der Waals surface area contributed by atoms with Crippen molar-refractivity contribution < 1.29 is 9.53 Å². The van der Waals surface area contributed by atoms with Gasteiger partial charge in [-0.1, -0.05) is 0 Å². The van der Waals surface area contributed by atoms with Gasteiger partial charge in [-0.15, -0.1) is 0 Å². The first-order valence-corrected chi connectivity index (χ1v) is 8.43. The topological polar surface area (TPSA) is 90.6 Å². The van der Waals surface area contributed by atoms with Gasteiger partial charge in [-0.05, 0) is 33.6 Å². The number of carbonyl (C=O) groups excluding carboxylic acids is 1. The summed E-state index contributed by atoms with van der Waals surface area (Å²) in [6, 6.07) is 0. The molecule has 0 spiro atoms. The summed E-state index contributed by atoms with van der Waals surface area (Å²) in [5.74, 6) is 1.26. The number of carbonyl (C=O) groups is 1. The summed E-state index contributed by atoms with van der Waals surface area (Å²) < 4.78 is 5.40. The van der Waals surface area contributed by atoms with Crippen LogP contribution < -0.4 is 15.8 Å². The SMILES string of the molecule is CC(C)(C)OC(=O)N1CCN(c2nc3c(c(=O)[nH]2)CCCN3)CC1. The molecule has 1 saturated heterocycles. The van der Waals surface area contributed by atoms with E-state index in [9.17, 15) is 9.59 Å². The van der Waals surface area contributed by atoms with E-state index in [1.165, 1.54) is 0 Å². The molecule has 3 heterocycles. The van der Waals surface area contributed by atoms with Gasteiger partial charge in [0.15, 0.2) is 0 Å². The molecule has 1 amide bonds. The summed E-state index contributed by atoms with van der Waals surface area (Å²) in [6.07, 6.45) is 1.42. The Morgan fingerprint density at radius 1 is 1.21 bits per heavy atom. The number of amides is 1. The van der Waals surface area contributed by atoms with Crippen molar-refractivity contribution in [1.82, 2.24) is 14.9 Å². The van der Waals surface area contributed by atoms with Gasteiger partial charge in [0.25, 0.3) is 5.56 Å². The normalized spacial score (nSPS) is 18.0. The van der Waals surface area contributed by atoms with Crippen molar-refractivity contribution in [3.8, 4) is 0 Å². The minimum Gasteiger partial charge on any atom is -0.444 e. The van der Waals surface area contributed by atoms with Crippen LogP contribution in [0.5, 0.6) is 0 Å². The lowest BCUT2D eigenvalue weighted by Gasteiger charge is -2.36. The van der Waals surface area contributed by atoms with Crippen LogP contribution in [0.3, 0.4) is 0 Å². The average molecular weight is 335 g/mol. The van der Waals surface area contributed by atoms with Crippen LogP contribution in [0.4, 0.5) is 16.6 Å². The number of nitrogens with one attached hydrogen (secondary N) is 2. The summed E-state index contributed by atoms with van der Waals surface area (Å²) in [7, 11) is 0. The van der Waals surface area contributed by atoms with E-state index in [1.807, 2.05) is 25.7 Å². The van der Waals surface area contributed by atoms with Crippen LogP contribution in [0.1, 0.15) is 32.8 Å². The van der Waals surface area contributed by atoms with Crippen molar-refractivity contribution in [1.29, 1.82) is 0 Å². The van der Waals surface area contributed by atoms with Crippen molar-refractivity contribution in [2.24, 2.45) is 0 Å².